The monoisotopic (exact) mass is 347 g/mol. The number of nitrogens with zero attached hydrogens (tertiary/aromatic N) is 1. The maximum Gasteiger partial charge on any atom is 0.254 e. The highest BCUT2D eigenvalue weighted by Gasteiger charge is 2.35. The molecule has 0 radical (unpaired) electrons. The van der Waals surface area contributed by atoms with Crippen molar-refractivity contribution >= 4 is 21.8 Å². The number of carbonyl (C=O) groups excluding carboxylic acids is 1. The molecule has 1 aliphatic rings. The molecule has 1 saturated heterocycles. The van der Waals surface area contributed by atoms with Gasteiger partial charge < -0.3 is 9.64 Å². The van der Waals surface area contributed by atoms with Crippen LogP contribution in [-0.2, 0) is 4.74 Å². The Morgan fingerprint density at radius 3 is 2.55 bits per heavy atom. The van der Waals surface area contributed by atoms with Crippen LogP contribution in [0.15, 0.2) is 18.2 Å². The predicted octanol–water partition coefficient (Wildman–Crippen LogP) is 2.98. The molecule has 1 aromatic carbocycles. The van der Waals surface area contributed by atoms with Gasteiger partial charge in [-0.1, -0.05) is 15.9 Å². The number of halogens is 3. The summed E-state index contributed by atoms with van der Waals surface area (Å²) in [5.41, 5.74) is -0.466. The van der Waals surface area contributed by atoms with Crippen molar-refractivity contribution in [3.8, 4) is 0 Å². The minimum Gasteiger partial charge on any atom is -0.368 e. The molecule has 1 unspecified atom stereocenters. The number of alkyl halides is 1. The summed E-state index contributed by atoms with van der Waals surface area (Å²) in [6, 6.07) is 2.86. The number of morpholine rings is 1. The predicted molar refractivity (Wildman–Crippen MR) is 75.0 cm³/mol. The lowest BCUT2D eigenvalue weighted by molar-refractivity contribution is -0.116. The highest BCUT2D eigenvalue weighted by Crippen LogP contribution is 2.24. The van der Waals surface area contributed by atoms with E-state index in [0.29, 0.717) is 18.4 Å². The third-order valence-corrected chi connectivity index (χ3v) is 3.77. The van der Waals surface area contributed by atoms with E-state index < -0.39 is 17.2 Å². The fourth-order valence-corrected chi connectivity index (χ4v) is 2.73. The molecule has 0 saturated carbocycles. The van der Waals surface area contributed by atoms with E-state index in [4.69, 9.17) is 4.74 Å². The van der Waals surface area contributed by atoms with Crippen molar-refractivity contribution in [2.75, 3.05) is 18.4 Å². The average Bonchev–Trinajstić information content (AvgIpc) is 2.34. The zero-order valence-electron chi connectivity index (χ0n) is 11.3. The summed E-state index contributed by atoms with van der Waals surface area (Å²) >= 11 is 3.34. The molecule has 2 rings (SSSR count). The van der Waals surface area contributed by atoms with E-state index >= 15 is 0 Å². The lowest BCUT2D eigenvalue weighted by Gasteiger charge is -2.42. The van der Waals surface area contributed by atoms with Crippen molar-refractivity contribution in [2.45, 2.75) is 25.6 Å². The molecule has 1 amide bonds. The second kappa shape index (κ2) is 5.77. The van der Waals surface area contributed by atoms with Gasteiger partial charge in [-0.25, -0.2) is 8.78 Å². The normalized spacial score (nSPS) is 21.9. The maximum absolute atomic E-state index is 13.2. The third-order valence-electron chi connectivity index (χ3n) is 3.05. The number of ether oxygens (including phenoxy) is 1. The van der Waals surface area contributed by atoms with Gasteiger partial charge in [0.1, 0.15) is 11.6 Å². The first-order valence-corrected chi connectivity index (χ1v) is 7.42. The van der Waals surface area contributed by atoms with E-state index in [0.717, 1.165) is 18.2 Å². The summed E-state index contributed by atoms with van der Waals surface area (Å²) in [6.45, 7) is 4.54. The molecule has 1 aliphatic heterocycles. The van der Waals surface area contributed by atoms with Gasteiger partial charge in [0, 0.05) is 30.0 Å². The molecule has 110 valence electrons. The minimum absolute atomic E-state index is 0.0218. The highest BCUT2D eigenvalue weighted by molar-refractivity contribution is 9.09. The molecule has 20 heavy (non-hydrogen) atoms. The van der Waals surface area contributed by atoms with Crippen LogP contribution >= 0.6 is 15.9 Å². The first-order chi connectivity index (χ1) is 9.30. The molecule has 3 nitrogen and oxygen atoms in total. The first kappa shape index (κ1) is 15.4. The molecular formula is C14H16BrF2NO2. The number of hydrogen-bond donors (Lipinski definition) is 0. The van der Waals surface area contributed by atoms with Crippen molar-refractivity contribution in [1.82, 2.24) is 4.90 Å². The van der Waals surface area contributed by atoms with E-state index in [1.165, 1.54) is 0 Å². The summed E-state index contributed by atoms with van der Waals surface area (Å²) in [7, 11) is 0. The zero-order chi connectivity index (χ0) is 14.9. The Morgan fingerprint density at radius 2 is 2.00 bits per heavy atom. The summed E-state index contributed by atoms with van der Waals surface area (Å²) < 4.78 is 32.2. The van der Waals surface area contributed by atoms with Gasteiger partial charge in [-0.05, 0) is 26.0 Å². The van der Waals surface area contributed by atoms with Crippen LogP contribution in [0.5, 0.6) is 0 Å². The van der Waals surface area contributed by atoms with Gasteiger partial charge in [-0.2, -0.15) is 0 Å². The Morgan fingerprint density at radius 1 is 1.40 bits per heavy atom. The van der Waals surface area contributed by atoms with Gasteiger partial charge in [-0.3, -0.25) is 4.79 Å². The molecule has 6 heteroatoms. The van der Waals surface area contributed by atoms with Crippen LogP contribution < -0.4 is 0 Å². The molecule has 0 bridgehead atoms. The molecule has 1 heterocycles. The van der Waals surface area contributed by atoms with Crippen molar-refractivity contribution < 1.29 is 18.3 Å². The molecule has 0 spiro atoms. The summed E-state index contributed by atoms with van der Waals surface area (Å²) in [6.07, 6.45) is -0.138. The average molecular weight is 348 g/mol. The van der Waals surface area contributed by atoms with Crippen molar-refractivity contribution in [1.29, 1.82) is 0 Å². The van der Waals surface area contributed by atoms with Crippen LogP contribution in [0.1, 0.15) is 24.2 Å². The topological polar surface area (TPSA) is 29.5 Å². The fraction of sp³-hybridized carbons (Fsp3) is 0.500. The maximum atomic E-state index is 13.2. The van der Waals surface area contributed by atoms with Crippen LogP contribution in [0.25, 0.3) is 0 Å². The van der Waals surface area contributed by atoms with Crippen LogP contribution in [0, 0.1) is 11.6 Å². The zero-order valence-corrected chi connectivity index (χ0v) is 12.9. The Hall–Kier alpha value is -1.01. The van der Waals surface area contributed by atoms with E-state index in [9.17, 15) is 13.6 Å². The molecule has 0 N–H and O–H groups in total. The molecule has 1 fully saturated rings. The van der Waals surface area contributed by atoms with Crippen LogP contribution in [-0.4, -0.2) is 40.9 Å². The van der Waals surface area contributed by atoms with E-state index in [1.54, 1.807) is 4.90 Å². The second-order valence-corrected chi connectivity index (χ2v) is 6.15. The van der Waals surface area contributed by atoms with E-state index in [2.05, 4.69) is 15.9 Å². The van der Waals surface area contributed by atoms with Gasteiger partial charge in [0.2, 0.25) is 0 Å². The summed E-state index contributed by atoms with van der Waals surface area (Å²) in [5, 5.41) is 0.595. The van der Waals surface area contributed by atoms with Gasteiger partial charge in [0.05, 0.1) is 11.7 Å². The van der Waals surface area contributed by atoms with Crippen molar-refractivity contribution in [3.05, 3.63) is 35.4 Å². The highest BCUT2D eigenvalue weighted by atomic mass is 79.9. The van der Waals surface area contributed by atoms with Crippen molar-refractivity contribution in [3.63, 3.8) is 0 Å². The SMILES string of the molecule is CC1(C)CN(C(=O)c2cc(F)cc(F)c2)CC(CBr)O1. The lowest BCUT2D eigenvalue weighted by atomic mass is 10.0. The minimum atomic E-state index is -0.752. The Kier molecular flexibility index (Phi) is 4.44. The van der Waals surface area contributed by atoms with Gasteiger partial charge in [0.25, 0.3) is 5.91 Å². The number of rotatable bonds is 2. The summed E-state index contributed by atoms with van der Waals surface area (Å²) in [5.74, 6) is -1.89. The molecule has 0 aliphatic carbocycles. The third kappa shape index (κ3) is 3.55. The molecule has 1 atom stereocenters. The number of benzene rings is 1. The number of hydrogen-bond acceptors (Lipinski definition) is 2. The van der Waals surface area contributed by atoms with Crippen molar-refractivity contribution in [2.24, 2.45) is 0 Å². The van der Waals surface area contributed by atoms with Crippen LogP contribution in [0.4, 0.5) is 8.78 Å². The largest absolute Gasteiger partial charge is 0.368 e. The Bertz CT molecular complexity index is 502. The fourth-order valence-electron chi connectivity index (χ4n) is 2.39. The summed E-state index contributed by atoms with van der Waals surface area (Å²) in [4.78, 5) is 13.9. The Labute approximate surface area is 125 Å². The van der Waals surface area contributed by atoms with Gasteiger partial charge in [-0.15, -0.1) is 0 Å². The number of amides is 1. The smallest absolute Gasteiger partial charge is 0.254 e. The van der Waals surface area contributed by atoms with E-state index in [1.807, 2.05) is 13.8 Å². The second-order valence-electron chi connectivity index (χ2n) is 5.50. The quantitative estimate of drug-likeness (QED) is 0.769. The van der Waals surface area contributed by atoms with Gasteiger partial charge >= 0.3 is 0 Å². The molecular weight excluding hydrogens is 332 g/mol. The lowest BCUT2D eigenvalue weighted by Crippen LogP contribution is -2.55. The standard InChI is InChI=1S/C14H16BrF2NO2/c1-14(2)8-18(7-12(6-15)20-14)13(19)9-3-10(16)5-11(17)4-9/h3-5,12H,6-8H2,1-2H3. The number of carbonyl (C=O) groups is 1. The van der Waals surface area contributed by atoms with E-state index in [-0.39, 0.29) is 17.6 Å². The first-order valence-electron chi connectivity index (χ1n) is 6.30. The Balaban J connectivity index is 2.23. The molecule has 0 aromatic heterocycles. The molecule has 1 aromatic rings. The van der Waals surface area contributed by atoms with Crippen LogP contribution in [0.2, 0.25) is 0 Å². The van der Waals surface area contributed by atoms with Crippen LogP contribution in [0.3, 0.4) is 0 Å². The van der Waals surface area contributed by atoms with Gasteiger partial charge in [0.15, 0.2) is 0 Å².